The summed E-state index contributed by atoms with van der Waals surface area (Å²) >= 11 is 0. The molecule has 0 bridgehead atoms. The van der Waals surface area contributed by atoms with Crippen molar-refractivity contribution >= 4 is 5.78 Å². The van der Waals surface area contributed by atoms with Gasteiger partial charge in [0.15, 0.2) is 29.1 Å². The maximum Gasteiger partial charge on any atom is 0.203 e. The second-order valence-corrected chi connectivity index (χ2v) is 5.67. The van der Waals surface area contributed by atoms with Crippen LogP contribution in [0.15, 0.2) is 49.1 Å². The predicted molar refractivity (Wildman–Crippen MR) is 101 cm³/mol. The quantitative estimate of drug-likeness (QED) is 0.500. The van der Waals surface area contributed by atoms with Crippen LogP contribution in [0.4, 0.5) is 0 Å². The number of Topliss-reactive ketones (excluding diaryl/α,β-unsaturated/α-hetero) is 1. The van der Waals surface area contributed by atoms with E-state index < -0.39 is 6.10 Å². The summed E-state index contributed by atoms with van der Waals surface area (Å²) < 4.78 is 21.7. The Morgan fingerprint density at radius 2 is 1.58 bits per heavy atom. The van der Waals surface area contributed by atoms with Gasteiger partial charge in [-0.2, -0.15) is 0 Å². The molecular weight excluding hydrogens is 332 g/mol. The first kappa shape index (κ1) is 19.4. The average molecular weight is 356 g/mol. The molecule has 2 aromatic carbocycles. The zero-order valence-electron chi connectivity index (χ0n) is 15.6. The number of hydrogen-bond acceptors (Lipinski definition) is 5. The lowest BCUT2D eigenvalue weighted by Crippen LogP contribution is -2.24. The Hall–Kier alpha value is -2.95. The summed E-state index contributed by atoms with van der Waals surface area (Å²) in [6.45, 7) is 5.43. The van der Waals surface area contributed by atoms with Gasteiger partial charge in [-0.1, -0.05) is 12.1 Å². The van der Waals surface area contributed by atoms with Gasteiger partial charge in [0.25, 0.3) is 0 Å². The maximum absolute atomic E-state index is 12.7. The molecule has 0 fully saturated rings. The van der Waals surface area contributed by atoms with E-state index in [1.54, 1.807) is 45.4 Å². The molecule has 5 nitrogen and oxygen atoms in total. The highest BCUT2D eigenvalue weighted by Crippen LogP contribution is 2.31. The Bertz CT molecular complexity index is 782. The Balaban J connectivity index is 2.20. The fraction of sp³-hybridized carbons (Fsp3) is 0.286. The molecule has 0 N–H and O–H groups in total. The third-order valence-electron chi connectivity index (χ3n) is 3.95. The van der Waals surface area contributed by atoms with E-state index in [0.717, 1.165) is 12.0 Å². The van der Waals surface area contributed by atoms with E-state index in [0.29, 0.717) is 28.6 Å². The molecule has 0 aromatic heterocycles. The second-order valence-electron chi connectivity index (χ2n) is 5.67. The third kappa shape index (κ3) is 4.36. The zero-order chi connectivity index (χ0) is 19.1. The molecule has 2 aromatic rings. The van der Waals surface area contributed by atoms with Crippen molar-refractivity contribution in [1.82, 2.24) is 0 Å². The Kier molecular flexibility index (Phi) is 6.67. The van der Waals surface area contributed by atoms with Gasteiger partial charge in [-0.3, -0.25) is 4.79 Å². The number of hydrogen-bond donors (Lipinski definition) is 0. The Morgan fingerprint density at radius 3 is 2.19 bits per heavy atom. The van der Waals surface area contributed by atoms with Crippen LogP contribution in [-0.2, 0) is 6.42 Å². The van der Waals surface area contributed by atoms with Crippen molar-refractivity contribution in [2.24, 2.45) is 0 Å². The summed E-state index contributed by atoms with van der Waals surface area (Å²) in [6.07, 6.45) is 1.86. The van der Waals surface area contributed by atoms with Crippen molar-refractivity contribution in [2.45, 2.75) is 19.4 Å². The van der Waals surface area contributed by atoms with E-state index in [1.807, 2.05) is 18.2 Å². The molecule has 0 saturated heterocycles. The summed E-state index contributed by atoms with van der Waals surface area (Å²) in [5.74, 6) is 2.00. The molecule has 1 atom stereocenters. The lowest BCUT2D eigenvalue weighted by molar-refractivity contribution is 0.0813. The maximum atomic E-state index is 12.7. The number of benzene rings is 2. The standard InChI is InChI=1S/C21H24O5/c1-6-7-15-8-10-18(19(12-15)24-4)26-14(2)21(22)16-9-11-17(23-3)20(13-16)25-5/h6,8-14H,1,7H2,2-5H3. The van der Waals surface area contributed by atoms with E-state index in [-0.39, 0.29) is 5.78 Å². The highest BCUT2D eigenvalue weighted by molar-refractivity contribution is 6.00. The topological polar surface area (TPSA) is 54.0 Å². The van der Waals surface area contributed by atoms with Crippen LogP contribution in [0.5, 0.6) is 23.0 Å². The molecule has 0 aliphatic carbocycles. The van der Waals surface area contributed by atoms with Crippen LogP contribution in [0.3, 0.4) is 0 Å². The van der Waals surface area contributed by atoms with Gasteiger partial charge in [-0.05, 0) is 49.2 Å². The first-order valence-corrected chi connectivity index (χ1v) is 8.24. The summed E-state index contributed by atoms with van der Waals surface area (Å²) in [4.78, 5) is 12.7. The van der Waals surface area contributed by atoms with Gasteiger partial charge in [0.2, 0.25) is 5.78 Å². The number of carbonyl (C=O) groups excluding carboxylic acids is 1. The molecule has 0 spiro atoms. The van der Waals surface area contributed by atoms with Crippen molar-refractivity contribution in [3.8, 4) is 23.0 Å². The minimum atomic E-state index is -0.688. The Labute approximate surface area is 154 Å². The molecule has 2 rings (SSSR count). The molecule has 0 radical (unpaired) electrons. The largest absolute Gasteiger partial charge is 0.493 e. The number of ether oxygens (including phenoxy) is 4. The number of allylic oxidation sites excluding steroid dienone is 1. The SMILES string of the molecule is C=CCc1ccc(OC(C)C(=O)c2ccc(OC)c(OC)c2)c(OC)c1. The predicted octanol–water partition coefficient (Wildman–Crippen LogP) is 4.09. The lowest BCUT2D eigenvalue weighted by atomic mass is 10.1. The second kappa shape index (κ2) is 8.94. The average Bonchev–Trinajstić information content (AvgIpc) is 2.67. The minimum Gasteiger partial charge on any atom is -0.493 e. The summed E-state index contributed by atoms with van der Waals surface area (Å²) in [7, 11) is 4.65. The Morgan fingerprint density at radius 1 is 0.962 bits per heavy atom. The van der Waals surface area contributed by atoms with E-state index in [1.165, 1.54) is 7.11 Å². The van der Waals surface area contributed by atoms with E-state index in [9.17, 15) is 4.79 Å². The molecule has 0 heterocycles. The smallest absolute Gasteiger partial charge is 0.203 e. The molecule has 1 unspecified atom stereocenters. The van der Waals surface area contributed by atoms with Gasteiger partial charge >= 0.3 is 0 Å². The minimum absolute atomic E-state index is 0.164. The number of ketones is 1. The summed E-state index contributed by atoms with van der Waals surface area (Å²) in [5, 5.41) is 0. The molecule has 0 aliphatic rings. The van der Waals surface area contributed by atoms with Gasteiger partial charge in [-0.15, -0.1) is 6.58 Å². The van der Waals surface area contributed by atoms with Crippen molar-refractivity contribution in [3.05, 3.63) is 60.2 Å². The molecule has 5 heteroatoms. The normalized spacial score (nSPS) is 11.4. The van der Waals surface area contributed by atoms with Crippen LogP contribution in [0.2, 0.25) is 0 Å². The summed E-state index contributed by atoms with van der Waals surface area (Å²) in [6, 6.07) is 10.6. The molecule has 0 aliphatic heterocycles. The van der Waals surface area contributed by atoms with Crippen LogP contribution < -0.4 is 18.9 Å². The molecule has 0 amide bonds. The van der Waals surface area contributed by atoms with E-state index >= 15 is 0 Å². The summed E-state index contributed by atoms with van der Waals surface area (Å²) in [5.41, 5.74) is 1.54. The first-order valence-electron chi connectivity index (χ1n) is 8.24. The molecular formula is C21H24O5. The van der Waals surface area contributed by atoms with E-state index in [2.05, 4.69) is 6.58 Å². The fourth-order valence-corrected chi connectivity index (χ4v) is 2.57. The van der Waals surface area contributed by atoms with Crippen LogP contribution in [0.1, 0.15) is 22.8 Å². The molecule has 0 saturated carbocycles. The fourth-order valence-electron chi connectivity index (χ4n) is 2.57. The molecule has 138 valence electrons. The third-order valence-corrected chi connectivity index (χ3v) is 3.95. The zero-order valence-corrected chi connectivity index (χ0v) is 15.6. The van der Waals surface area contributed by atoms with E-state index in [4.69, 9.17) is 18.9 Å². The highest BCUT2D eigenvalue weighted by atomic mass is 16.5. The highest BCUT2D eigenvalue weighted by Gasteiger charge is 2.20. The van der Waals surface area contributed by atoms with Crippen molar-refractivity contribution in [2.75, 3.05) is 21.3 Å². The van der Waals surface area contributed by atoms with Crippen molar-refractivity contribution in [3.63, 3.8) is 0 Å². The number of methoxy groups -OCH3 is 3. The van der Waals surface area contributed by atoms with Gasteiger partial charge in [0.05, 0.1) is 21.3 Å². The molecule has 26 heavy (non-hydrogen) atoms. The number of carbonyl (C=O) groups is 1. The van der Waals surface area contributed by atoms with Crippen LogP contribution in [0, 0.1) is 0 Å². The van der Waals surface area contributed by atoms with Crippen LogP contribution in [0.25, 0.3) is 0 Å². The van der Waals surface area contributed by atoms with Crippen molar-refractivity contribution < 1.29 is 23.7 Å². The lowest BCUT2D eigenvalue weighted by Gasteiger charge is -2.17. The van der Waals surface area contributed by atoms with Gasteiger partial charge < -0.3 is 18.9 Å². The van der Waals surface area contributed by atoms with Gasteiger partial charge in [0.1, 0.15) is 0 Å². The van der Waals surface area contributed by atoms with Crippen LogP contribution in [-0.4, -0.2) is 33.2 Å². The number of rotatable bonds is 9. The van der Waals surface area contributed by atoms with Crippen molar-refractivity contribution in [1.29, 1.82) is 0 Å². The van der Waals surface area contributed by atoms with Crippen LogP contribution >= 0.6 is 0 Å². The first-order chi connectivity index (χ1) is 12.5. The monoisotopic (exact) mass is 356 g/mol. The van der Waals surface area contributed by atoms with Gasteiger partial charge in [-0.25, -0.2) is 0 Å². The van der Waals surface area contributed by atoms with Gasteiger partial charge in [0, 0.05) is 5.56 Å².